The largest absolute Gasteiger partial charge is 0.490 e. The summed E-state index contributed by atoms with van der Waals surface area (Å²) < 4.78 is 42.8. The van der Waals surface area contributed by atoms with Gasteiger partial charge in [-0.15, -0.1) is 0 Å². The van der Waals surface area contributed by atoms with Crippen molar-refractivity contribution in [1.82, 2.24) is 0 Å². The van der Waals surface area contributed by atoms with E-state index in [2.05, 4.69) is 6.07 Å². The third-order valence-corrected chi connectivity index (χ3v) is 7.20. The van der Waals surface area contributed by atoms with E-state index in [9.17, 15) is 14.4 Å². The smallest absolute Gasteiger partial charge is 0.349 e. The van der Waals surface area contributed by atoms with Crippen LogP contribution < -0.4 is 29.4 Å². The van der Waals surface area contributed by atoms with Gasteiger partial charge in [0.25, 0.3) is 0 Å². The minimum absolute atomic E-state index is 0.0136. The number of ether oxygens (including phenoxy) is 5. The average molecular weight is 595 g/mol. The van der Waals surface area contributed by atoms with Crippen molar-refractivity contribution in [2.45, 2.75) is 33.3 Å². The minimum atomic E-state index is -0.596. The number of benzene rings is 4. The molecule has 8 nitrogen and oxygen atoms in total. The quantitative estimate of drug-likeness (QED) is 0.161. The first kappa shape index (κ1) is 30.0. The number of carbonyl (C=O) groups excluding carboxylic acids is 1. The highest BCUT2D eigenvalue weighted by molar-refractivity contribution is 5.74. The fourth-order valence-corrected chi connectivity index (χ4v) is 4.81. The van der Waals surface area contributed by atoms with E-state index in [0.29, 0.717) is 46.3 Å². The van der Waals surface area contributed by atoms with Crippen LogP contribution in [0, 0.1) is 31.0 Å². The topological polar surface area (TPSA) is 113 Å². The summed E-state index contributed by atoms with van der Waals surface area (Å²) in [5.74, 6) is 0.375. The number of aryl methyl sites for hydroxylation is 2. The molecule has 1 aliphatic rings. The normalized spacial score (nSPS) is 13.8. The highest BCUT2D eigenvalue weighted by Gasteiger charge is 2.32. The summed E-state index contributed by atoms with van der Waals surface area (Å²) in [6, 6.07) is 24.3. The Kier molecular flexibility index (Phi) is 9.01. The summed E-state index contributed by atoms with van der Waals surface area (Å²) in [5, 5.41) is 10.00. The van der Waals surface area contributed by atoms with Gasteiger partial charge in [-0.3, -0.25) is 0 Å². The summed E-state index contributed by atoms with van der Waals surface area (Å²) in [5.41, 5.74) is 10.3. The molecule has 0 amide bonds. The van der Waals surface area contributed by atoms with Crippen molar-refractivity contribution >= 4 is 5.97 Å². The SMILES string of the molecule is CCOc1cc(C2C(C#N)=C(N)Oc3cc(OC(=O)COc4ccc(C)c(C)c4)ccc32)ccc1OCc1ccccc1F. The molecule has 9 heteroatoms. The lowest BCUT2D eigenvalue weighted by atomic mass is 9.83. The summed E-state index contributed by atoms with van der Waals surface area (Å²) in [7, 11) is 0. The number of carbonyl (C=O) groups is 1. The lowest BCUT2D eigenvalue weighted by Crippen LogP contribution is -2.22. The second kappa shape index (κ2) is 13.2. The number of esters is 1. The molecule has 0 aromatic heterocycles. The molecule has 1 heterocycles. The van der Waals surface area contributed by atoms with Gasteiger partial charge in [0.05, 0.1) is 12.5 Å². The van der Waals surface area contributed by atoms with E-state index in [4.69, 9.17) is 29.4 Å². The van der Waals surface area contributed by atoms with Gasteiger partial charge in [-0.05, 0) is 73.9 Å². The Hall–Kier alpha value is -5.49. The van der Waals surface area contributed by atoms with Crippen LogP contribution in [0.15, 0.2) is 90.3 Å². The van der Waals surface area contributed by atoms with E-state index >= 15 is 0 Å². The van der Waals surface area contributed by atoms with Crippen molar-refractivity contribution in [3.05, 3.63) is 124 Å². The predicted octanol–water partition coefficient (Wildman–Crippen LogP) is 6.62. The maximum Gasteiger partial charge on any atom is 0.349 e. The maximum absolute atomic E-state index is 14.1. The molecule has 5 rings (SSSR count). The molecule has 1 aliphatic heterocycles. The standard InChI is InChI=1S/C35H31FN2O6/c1-4-40-32-16-23(10-14-30(32)42-19-24-7-5-6-8-29(24)36)34-27-13-12-26(17-31(27)44-35(38)28(34)18-37)43-33(39)20-41-25-11-9-21(2)22(3)15-25/h5-17,34H,4,19-20,38H2,1-3H3. The van der Waals surface area contributed by atoms with Gasteiger partial charge in [0.15, 0.2) is 18.1 Å². The molecule has 44 heavy (non-hydrogen) atoms. The first-order valence-corrected chi connectivity index (χ1v) is 14.0. The zero-order chi connectivity index (χ0) is 31.2. The Bertz CT molecular complexity index is 1780. The minimum Gasteiger partial charge on any atom is -0.490 e. The molecule has 0 radical (unpaired) electrons. The van der Waals surface area contributed by atoms with Gasteiger partial charge in [0, 0.05) is 17.2 Å². The molecule has 0 saturated carbocycles. The Balaban J connectivity index is 1.37. The molecule has 4 aromatic carbocycles. The second-order valence-electron chi connectivity index (χ2n) is 10.2. The van der Waals surface area contributed by atoms with Crippen molar-refractivity contribution in [3.8, 4) is 34.8 Å². The molecule has 0 bridgehead atoms. The summed E-state index contributed by atoms with van der Waals surface area (Å²) in [6.07, 6.45) is 0. The first-order chi connectivity index (χ1) is 21.3. The Morgan fingerprint density at radius 1 is 0.932 bits per heavy atom. The Labute approximate surface area is 255 Å². The van der Waals surface area contributed by atoms with Crippen molar-refractivity contribution in [3.63, 3.8) is 0 Å². The highest BCUT2D eigenvalue weighted by Crippen LogP contribution is 2.45. The number of nitrogens with two attached hydrogens (primary N) is 1. The Morgan fingerprint density at radius 2 is 1.73 bits per heavy atom. The zero-order valence-electron chi connectivity index (χ0n) is 24.6. The monoisotopic (exact) mass is 594 g/mol. The Morgan fingerprint density at radius 3 is 2.48 bits per heavy atom. The molecule has 1 unspecified atom stereocenters. The molecule has 0 saturated heterocycles. The van der Waals surface area contributed by atoms with Gasteiger partial charge >= 0.3 is 5.97 Å². The average Bonchev–Trinajstić information content (AvgIpc) is 3.01. The van der Waals surface area contributed by atoms with Crippen LogP contribution in [-0.4, -0.2) is 19.2 Å². The number of halogens is 1. The molecule has 0 aliphatic carbocycles. The van der Waals surface area contributed by atoms with Crippen LogP contribution in [0.3, 0.4) is 0 Å². The molecular weight excluding hydrogens is 563 g/mol. The lowest BCUT2D eigenvalue weighted by molar-refractivity contribution is -0.136. The number of hydrogen-bond donors (Lipinski definition) is 1. The predicted molar refractivity (Wildman–Crippen MR) is 161 cm³/mol. The van der Waals surface area contributed by atoms with Crippen molar-refractivity contribution in [1.29, 1.82) is 5.26 Å². The third kappa shape index (κ3) is 6.60. The molecular formula is C35H31FN2O6. The van der Waals surface area contributed by atoms with Crippen LogP contribution >= 0.6 is 0 Å². The van der Waals surface area contributed by atoms with Crippen LogP contribution in [0.2, 0.25) is 0 Å². The second-order valence-corrected chi connectivity index (χ2v) is 10.2. The van der Waals surface area contributed by atoms with E-state index < -0.39 is 11.9 Å². The van der Waals surface area contributed by atoms with E-state index in [1.165, 1.54) is 6.07 Å². The van der Waals surface area contributed by atoms with Crippen molar-refractivity contribution in [2.75, 3.05) is 13.2 Å². The first-order valence-electron chi connectivity index (χ1n) is 14.0. The number of nitrogens with zero attached hydrogens (tertiary/aromatic N) is 1. The molecule has 0 spiro atoms. The number of nitriles is 1. The zero-order valence-corrected chi connectivity index (χ0v) is 24.6. The molecule has 2 N–H and O–H groups in total. The van der Waals surface area contributed by atoms with E-state index in [0.717, 1.165) is 11.1 Å². The van der Waals surface area contributed by atoms with Crippen LogP contribution in [-0.2, 0) is 11.4 Å². The molecule has 4 aromatic rings. The van der Waals surface area contributed by atoms with Gasteiger partial charge in [-0.1, -0.05) is 36.4 Å². The summed E-state index contributed by atoms with van der Waals surface area (Å²) in [6.45, 7) is 5.89. The van der Waals surface area contributed by atoms with Crippen LogP contribution in [0.25, 0.3) is 0 Å². The summed E-state index contributed by atoms with van der Waals surface area (Å²) >= 11 is 0. The van der Waals surface area contributed by atoms with Crippen LogP contribution in [0.1, 0.15) is 40.7 Å². The summed E-state index contributed by atoms with van der Waals surface area (Å²) in [4.78, 5) is 12.5. The number of fused-ring (bicyclic) bond motifs is 1. The third-order valence-electron chi connectivity index (χ3n) is 7.20. The van der Waals surface area contributed by atoms with Crippen molar-refractivity contribution < 1.29 is 32.9 Å². The number of hydrogen-bond acceptors (Lipinski definition) is 8. The molecule has 224 valence electrons. The number of allylic oxidation sites excluding steroid dienone is 1. The van der Waals surface area contributed by atoms with E-state index in [1.54, 1.807) is 60.7 Å². The van der Waals surface area contributed by atoms with E-state index in [1.807, 2.05) is 32.9 Å². The van der Waals surface area contributed by atoms with Crippen LogP contribution in [0.4, 0.5) is 4.39 Å². The fraction of sp³-hybridized carbons (Fsp3) is 0.200. The van der Waals surface area contributed by atoms with Crippen LogP contribution in [0.5, 0.6) is 28.7 Å². The van der Waals surface area contributed by atoms with E-state index in [-0.39, 0.29) is 36.2 Å². The van der Waals surface area contributed by atoms with Gasteiger partial charge in [-0.2, -0.15) is 5.26 Å². The van der Waals surface area contributed by atoms with Gasteiger partial charge in [-0.25, -0.2) is 9.18 Å². The number of rotatable bonds is 10. The van der Waals surface area contributed by atoms with Gasteiger partial charge in [0.2, 0.25) is 5.88 Å². The fourth-order valence-electron chi connectivity index (χ4n) is 4.81. The molecule has 1 atom stereocenters. The van der Waals surface area contributed by atoms with Gasteiger partial charge < -0.3 is 29.4 Å². The molecule has 0 fully saturated rings. The van der Waals surface area contributed by atoms with Crippen molar-refractivity contribution in [2.24, 2.45) is 5.73 Å². The maximum atomic E-state index is 14.1. The lowest BCUT2D eigenvalue weighted by Gasteiger charge is -2.27. The van der Waals surface area contributed by atoms with Gasteiger partial charge in [0.1, 0.15) is 41.3 Å². The highest BCUT2D eigenvalue weighted by atomic mass is 19.1.